The van der Waals surface area contributed by atoms with Crippen LogP contribution < -0.4 is 0 Å². The third kappa shape index (κ3) is 31.7. The van der Waals surface area contributed by atoms with Crippen molar-refractivity contribution >= 4 is 24.2 Å². The molecule has 6 aromatic carbocycles. The number of hydrogen-bond acceptors (Lipinski definition) is 17. The van der Waals surface area contributed by atoms with Crippen molar-refractivity contribution in [2.24, 2.45) is 10.8 Å². The molecule has 17 heteroatoms. The van der Waals surface area contributed by atoms with Crippen molar-refractivity contribution in [1.82, 2.24) is 4.90 Å². The van der Waals surface area contributed by atoms with Gasteiger partial charge in [-0.25, -0.2) is 9.59 Å². The van der Waals surface area contributed by atoms with Crippen LogP contribution in [0.5, 0.6) is 0 Å². The summed E-state index contributed by atoms with van der Waals surface area (Å²) in [5.74, 6) is -0.612. The second-order valence-corrected chi connectivity index (χ2v) is 22.7. The van der Waals surface area contributed by atoms with Crippen molar-refractivity contribution < 1.29 is 76.0 Å². The summed E-state index contributed by atoms with van der Waals surface area (Å²) in [4.78, 5) is 52.6. The zero-order chi connectivity index (χ0) is 62.4. The Morgan fingerprint density at radius 1 is 0.345 bits per heavy atom. The molecule has 0 spiro atoms. The van der Waals surface area contributed by atoms with E-state index >= 15 is 0 Å². The molecule has 0 heterocycles. The predicted molar refractivity (Wildman–Crippen MR) is 330 cm³/mol. The number of hydrogen-bond donors (Lipinski definition) is 0. The van der Waals surface area contributed by atoms with Gasteiger partial charge in [0.25, 0.3) is 0 Å². The van der Waals surface area contributed by atoms with E-state index in [1.165, 1.54) is 0 Å². The van der Waals surface area contributed by atoms with Crippen LogP contribution in [0.3, 0.4) is 0 Å². The van der Waals surface area contributed by atoms with Gasteiger partial charge in [-0.2, -0.15) is 0 Å². The largest absolute Gasteiger partial charge is 0.508 e. The normalized spacial score (nSPS) is 11.9. The topological polar surface area (TPSA) is 182 Å². The quantitative estimate of drug-likeness (QED) is 0.0267. The Kier molecular flexibility index (Phi) is 32.4. The summed E-state index contributed by atoms with van der Waals surface area (Å²) in [5.41, 5.74) is 4.83. The van der Waals surface area contributed by atoms with E-state index in [2.05, 4.69) is 0 Å². The Hall–Kier alpha value is -7.48. The standard InChI is InChI=1S/C48H61NO12.C22H28O4/c1-38(59-45(50)48(2,3)4)29-49(25-27-57-46(51)60-43(34-53-30-39-17-9-5-10-18-39)35-54-31-40-19-11-6-12-20-40)26-28-58-47(52)61-44(36-55-32-41-21-13-7-14-22-41)37-56-33-42-23-15-8-16-24-42;1-22(2,3)21(23)26-20(16-24-14-18-10-6-4-7-11-18)17-25-15-19-12-8-5-9-13-19/h5-24,38,43-44H,25-37H2,1-4H3;4-13,20H,14-17H2,1-3H3. The first-order chi connectivity index (χ1) is 42.0. The van der Waals surface area contributed by atoms with Crippen molar-refractivity contribution in [1.29, 1.82) is 0 Å². The van der Waals surface area contributed by atoms with Gasteiger partial charge in [-0.15, -0.1) is 0 Å². The molecule has 0 amide bonds. The molecule has 0 fully saturated rings. The number of rotatable bonds is 36. The fourth-order valence-corrected chi connectivity index (χ4v) is 7.88. The molecule has 1 atom stereocenters. The summed E-state index contributed by atoms with van der Waals surface area (Å²) in [6.45, 7) is 16.4. The number of carbonyl (C=O) groups excluding carboxylic acids is 4. The van der Waals surface area contributed by atoms with Crippen LogP contribution in [-0.4, -0.2) is 126 Å². The van der Waals surface area contributed by atoms with Gasteiger partial charge in [-0.3, -0.25) is 14.5 Å². The Balaban J connectivity index is 0.000000440. The highest BCUT2D eigenvalue weighted by atomic mass is 16.7. The van der Waals surface area contributed by atoms with E-state index in [9.17, 15) is 19.2 Å². The van der Waals surface area contributed by atoms with Crippen molar-refractivity contribution in [2.45, 2.75) is 113 Å². The molecular weight excluding hydrogens is 1110 g/mol. The number of nitrogens with zero attached hydrogens (tertiary/aromatic N) is 1. The molecule has 0 saturated heterocycles. The second-order valence-electron chi connectivity index (χ2n) is 22.7. The van der Waals surface area contributed by atoms with E-state index in [4.69, 9.17) is 56.8 Å². The minimum atomic E-state index is -0.890. The maximum Gasteiger partial charge on any atom is 0.508 e. The molecule has 1 unspecified atom stereocenters. The van der Waals surface area contributed by atoms with Crippen molar-refractivity contribution in [3.8, 4) is 0 Å². The molecule has 0 saturated carbocycles. The van der Waals surface area contributed by atoms with Crippen LogP contribution in [0.2, 0.25) is 0 Å². The minimum Gasteiger partial charge on any atom is -0.461 e. The lowest BCUT2D eigenvalue weighted by Gasteiger charge is -2.27. The van der Waals surface area contributed by atoms with Gasteiger partial charge in [-0.05, 0) is 81.8 Å². The van der Waals surface area contributed by atoms with Crippen LogP contribution in [0.1, 0.15) is 81.8 Å². The van der Waals surface area contributed by atoms with Gasteiger partial charge >= 0.3 is 24.2 Å². The van der Waals surface area contributed by atoms with E-state index in [0.717, 1.165) is 33.4 Å². The highest BCUT2D eigenvalue weighted by Crippen LogP contribution is 2.19. The van der Waals surface area contributed by atoms with Gasteiger partial charge in [0.1, 0.15) is 25.4 Å². The minimum absolute atomic E-state index is 0.0642. The molecule has 6 rings (SSSR count). The Morgan fingerprint density at radius 2 is 0.575 bits per heavy atom. The molecule has 0 aromatic heterocycles. The van der Waals surface area contributed by atoms with E-state index in [1.54, 1.807) is 27.7 Å². The highest BCUT2D eigenvalue weighted by molar-refractivity contribution is 5.76. The lowest BCUT2D eigenvalue weighted by Crippen LogP contribution is -2.40. The van der Waals surface area contributed by atoms with Crippen LogP contribution in [0.4, 0.5) is 9.59 Å². The summed E-state index contributed by atoms with van der Waals surface area (Å²) in [6.07, 6.45) is -4.20. The van der Waals surface area contributed by atoms with E-state index in [-0.39, 0.29) is 71.2 Å². The third-order valence-electron chi connectivity index (χ3n) is 12.6. The van der Waals surface area contributed by atoms with Crippen LogP contribution in [0.25, 0.3) is 0 Å². The molecule has 0 bridgehead atoms. The molecule has 87 heavy (non-hydrogen) atoms. The molecular formula is C70H89NO16. The number of ether oxygens (including phenoxy) is 12. The van der Waals surface area contributed by atoms with Gasteiger partial charge in [0.15, 0.2) is 12.2 Å². The third-order valence-corrected chi connectivity index (χ3v) is 12.6. The lowest BCUT2D eigenvalue weighted by atomic mass is 9.97. The molecule has 17 nitrogen and oxygen atoms in total. The number of esters is 2. The van der Waals surface area contributed by atoms with Crippen LogP contribution >= 0.6 is 0 Å². The van der Waals surface area contributed by atoms with E-state index in [0.29, 0.717) is 52.9 Å². The summed E-state index contributed by atoms with van der Waals surface area (Å²) >= 11 is 0. The molecule has 0 radical (unpaired) electrons. The summed E-state index contributed by atoms with van der Waals surface area (Å²) in [5, 5.41) is 0. The number of benzene rings is 6. The fourth-order valence-electron chi connectivity index (χ4n) is 7.88. The fraction of sp³-hybridized carbons (Fsp3) is 0.429. The van der Waals surface area contributed by atoms with Crippen LogP contribution in [-0.2, 0) is 106 Å². The van der Waals surface area contributed by atoms with Crippen molar-refractivity contribution in [3.63, 3.8) is 0 Å². The zero-order valence-electron chi connectivity index (χ0n) is 51.6. The van der Waals surface area contributed by atoms with Crippen molar-refractivity contribution in [3.05, 3.63) is 215 Å². The summed E-state index contributed by atoms with van der Waals surface area (Å²) in [6, 6.07) is 58.5. The average molecular weight is 1200 g/mol. The van der Waals surface area contributed by atoms with E-state index in [1.807, 2.05) is 208 Å². The summed E-state index contributed by atoms with van der Waals surface area (Å²) in [7, 11) is 0. The molecule has 0 aliphatic heterocycles. The molecule has 0 N–H and O–H groups in total. The van der Waals surface area contributed by atoms with Gasteiger partial charge < -0.3 is 56.8 Å². The first-order valence-electron chi connectivity index (χ1n) is 29.5. The van der Waals surface area contributed by atoms with Gasteiger partial charge in [0.05, 0.1) is 90.1 Å². The monoisotopic (exact) mass is 1200 g/mol. The highest BCUT2D eigenvalue weighted by Gasteiger charge is 2.28. The van der Waals surface area contributed by atoms with Gasteiger partial charge in [0.2, 0.25) is 0 Å². The van der Waals surface area contributed by atoms with Crippen LogP contribution in [0.15, 0.2) is 182 Å². The molecule has 470 valence electrons. The Morgan fingerprint density at radius 3 is 0.816 bits per heavy atom. The average Bonchev–Trinajstić information content (AvgIpc) is 3.65. The van der Waals surface area contributed by atoms with E-state index < -0.39 is 47.6 Å². The summed E-state index contributed by atoms with van der Waals surface area (Å²) < 4.78 is 68.4. The molecule has 6 aromatic rings. The van der Waals surface area contributed by atoms with Crippen molar-refractivity contribution in [2.75, 3.05) is 72.5 Å². The Bertz CT molecular complexity index is 2530. The molecule has 0 aliphatic rings. The maximum absolute atomic E-state index is 12.9. The maximum atomic E-state index is 12.9. The molecule has 0 aliphatic carbocycles. The smallest absolute Gasteiger partial charge is 0.461 e. The first-order valence-corrected chi connectivity index (χ1v) is 29.5. The zero-order valence-corrected chi connectivity index (χ0v) is 51.6. The van der Waals surface area contributed by atoms with Crippen LogP contribution in [0, 0.1) is 10.8 Å². The van der Waals surface area contributed by atoms with Gasteiger partial charge in [-0.1, -0.05) is 182 Å². The lowest BCUT2D eigenvalue weighted by molar-refractivity contribution is -0.166. The Labute approximate surface area is 514 Å². The SMILES string of the molecule is CC(C)(C)C(=O)OC(COCc1ccccc1)COCc1ccccc1.CC(CN(CCOC(=O)OC(COCc1ccccc1)COCc1ccccc1)CCOC(=O)OC(COCc1ccccc1)COCc1ccccc1)OC(=O)C(C)(C)C. The first kappa shape index (κ1) is 70.3. The number of carbonyl (C=O) groups is 4. The predicted octanol–water partition coefficient (Wildman–Crippen LogP) is 12.6. The van der Waals surface area contributed by atoms with Gasteiger partial charge in [0, 0.05) is 19.6 Å². The second kappa shape index (κ2) is 40.1.